The SMILES string of the molecule is CC[C@H]1[C@@H]2CC3=C(C)[C@@H](c4ccc(C(C)(C)C)cc4)C[C@@H]3O[C@@H]2[C@@H]2OC(=O)[C@]3(C)C=CC(=O)[C@@]1(C)[C@@H]23. The molecule has 0 radical (unpaired) electrons. The first-order valence-corrected chi connectivity index (χ1v) is 13.8. The number of esters is 1. The number of ketones is 1. The second-order valence-corrected chi connectivity index (χ2v) is 13.5. The van der Waals surface area contributed by atoms with Crippen molar-refractivity contribution in [3.63, 3.8) is 0 Å². The van der Waals surface area contributed by atoms with Crippen molar-refractivity contribution in [1.82, 2.24) is 0 Å². The Kier molecular flexibility index (Phi) is 5.14. The minimum atomic E-state index is -0.756. The Balaban J connectivity index is 1.37. The highest BCUT2D eigenvalue weighted by molar-refractivity contribution is 6.00. The Morgan fingerprint density at radius 2 is 1.75 bits per heavy atom. The molecule has 6 rings (SSSR count). The van der Waals surface area contributed by atoms with Gasteiger partial charge in [-0.2, -0.15) is 0 Å². The van der Waals surface area contributed by atoms with E-state index in [9.17, 15) is 9.59 Å². The largest absolute Gasteiger partial charge is 0.459 e. The quantitative estimate of drug-likeness (QED) is 0.362. The van der Waals surface area contributed by atoms with Gasteiger partial charge in [-0.3, -0.25) is 9.59 Å². The minimum Gasteiger partial charge on any atom is -0.459 e. The molecule has 4 heteroatoms. The van der Waals surface area contributed by atoms with Gasteiger partial charge in [-0.1, -0.05) is 77.0 Å². The van der Waals surface area contributed by atoms with Crippen LogP contribution < -0.4 is 0 Å². The molecule has 1 aromatic rings. The van der Waals surface area contributed by atoms with Gasteiger partial charge in [0, 0.05) is 17.3 Å². The van der Waals surface area contributed by atoms with Crippen LogP contribution in [-0.2, 0) is 24.5 Å². The van der Waals surface area contributed by atoms with E-state index in [-0.39, 0.29) is 53.2 Å². The Bertz CT molecular complexity index is 1180. The zero-order valence-corrected chi connectivity index (χ0v) is 22.8. The summed E-state index contributed by atoms with van der Waals surface area (Å²) in [6, 6.07) is 9.12. The molecule has 0 unspecified atom stereocenters. The lowest BCUT2D eigenvalue weighted by atomic mass is 9.45. The van der Waals surface area contributed by atoms with E-state index in [2.05, 4.69) is 65.8 Å². The average Bonchev–Trinajstić information content (AvgIpc) is 3.30. The Morgan fingerprint density at radius 3 is 2.39 bits per heavy atom. The van der Waals surface area contributed by atoms with Crippen LogP contribution in [0.3, 0.4) is 0 Å². The van der Waals surface area contributed by atoms with Crippen LogP contribution in [0.1, 0.15) is 84.8 Å². The molecule has 3 aliphatic carbocycles. The standard InChI is InChI=1S/C32H40O4/c1-8-23-22-15-21-17(2)20(18-9-11-19(12-10-18)30(3,4)5)16-24(21)35-26(22)27-28-31(6,29(34)36-27)14-13-25(33)32(23,28)7/h9-14,20,22-24,26-28H,8,15-16H2,1-7H3/t20-,22-,23-,24-,26-,27-,28-,31+,32-/m0/s1. The van der Waals surface area contributed by atoms with Gasteiger partial charge in [0.15, 0.2) is 5.78 Å². The number of rotatable bonds is 2. The van der Waals surface area contributed by atoms with Gasteiger partial charge in [-0.05, 0) is 66.7 Å². The number of benzene rings is 1. The molecular weight excluding hydrogens is 448 g/mol. The summed E-state index contributed by atoms with van der Waals surface area (Å²) in [6.07, 6.45) is 5.77. The molecule has 2 heterocycles. The van der Waals surface area contributed by atoms with Gasteiger partial charge in [0.2, 0.25) is 0 Å². The third kappa shape index (κ3) is 3.03. The van der Waals surface area contributed by atoms with E-state index in [0.29, 0.717) is 5.92 Å². The van der Waals surface area contributed by atoms with Gasteiger partial charge in [0.1, 0.15) is 6.10 Å². The lowest BCUT2D eigenvalue weighted by Crippen LogP contribution is -2.64. The number of allylic oxidation sites excluding steroid dienone is 2. The van der Waals surface area contributed by atoms with Gasteiger partial charge in [-0.15, -0.1) is 0 Å². The van der Waals surface area contributed by atoms with E-state index in [1.54, 1.807) is 6.08 Å². The highest BCUT2D eigenvalue weighted by atomic mass is 16.6. The first-order valence-electron chi connectivity index (χ1n) is 13.8. The second-order valence-electron chi connectivity index (χ2n) is 13.5. The molecule has 0 spiro atoms. The number of carbonyl (C=O) groups excluding carboxylic acids is 2. The topological polar surface area (TPSA) is 52.6 Å². The number of hydrogen-bond donors (Lipinski definition) is 0. The van der Waals surface area contributed by atoms with E-state index >= 15 is 0 Å². The van der Waals surface area contributed by atoms with Crippen LogP contribution in [0.2, 0.25) is 0 Å². The van der Waals surface area contributed by atoms with Crippen molar-refractivity contribution < 1.29 is 19.1 Å². The van der Waals surface area contributed by atoms with Gasteiger partial charge >= 0.3 is 5.97 Å². The van der Waals surface area contributed by atoms with Crippen molar-refractivity contribution in [1.29, 1.82) is 0 Å². The van der Waals surface area contributed by atoms with Crippen molar-refractivity contribution in [2.24, 2.45) is 28.6 Å². The van der Waals surface area contributed by atoms with Gasteiger partial charge in [0.25, 0.3) is 0 Å². The van der Waals surface area contributed by atoms with Crippen LogP contribution in [0.25, 0.3) is 0 Å². The fraction of sp³-hybridized carbons (Fsp3) is 0.625. The lowest BCUT2D eigenvalue weighted by Gasteiger charge is -2.58. The molecule has 4 nitrogen and oxygen atoms in total. The summed E-state index contributed by atoms with van der Waals surface area (Å²) >= 11 is 0. The molecule has 0 N–H and O–H groups in total. The Labute approximate surface area is 215 Å². The first kappa shape index (κ1) is 24.2. The molecule has 36 heavy (non-hydrogen) atoms. The Morgan fingerprint density at radius 1 is 1.06 bits per heavy atom. The fourth-order valence-electron chi connectivity index (χ4n) is 8.74. The predicted octanol–water partition coefficient (Wildman–Crippen LogP) is 6.29. The minimum absolute atomic E-state index is 0.0563. The first-order chi connectivity index (χ1) is 16.9. The number of carbonyl (C=O) groups is 2. The summed E-state index contributed by atoms with van der Waals surface area (Å²) in [4.78, 5) is 26.6. The van der Waals surface area contributed by atoms with E-state index in [1.807, 2.05) is 13.0 Å². The van der Waals surface area contributed by atoms with E-state index in [1.165, 1.54) is 22.3 Å². The van der Waals surface area contributed by atoms with Crippen molar-refractivity contribution in [3.05, 3.63) is 58.7 Å². The van der Waals surface area contributed by atoms with Crippen LogP contribution in [0.5, 0.6) is 0 Å². The van der Waals surface area contributed by atoms with Crippen LogP contribution in [0.15, 0.2) is 47.6 Å². The van der Waals surface area contributed by atoms with Gasteiger partial charge in [0.05, 0.1) is 17.6 Å². The smallest absolute Gasteiger partial charge is 0.316 e. The maximum atomic E-state index is 13.5. The summed E-state index contributed by atoms with van der Waals surface area (Å²) in [5.41, 5.74) is 4.30. The molecule has 9 atom stereocenters. The van der Waals surface area contributed by atoms with Crippen molar-refractivity contribution >= 4 is 11.8 Å². The molecule has 0 bridgehead atoms. The summed E-state index contributed by atoms with van der Waals surface area (Å²) in [7, 11) is 0. The highest BCUT2D eigenvalue weighted by Crippen LogP contribution is 2.65. The van der Waals surface area contributed by atoms with Crippen molar-refractivity contribution in [2.45, 2.75) is 97.4 Å². The number of fused-ring (bicyclic) bond motifs is 3. The third-order valence-corrected chi connectivity index (χ3v) is 10.7. The van der Waals surface area contributed by atoms with Crippen LogP contribution in [0, 0.1) is 28.6 Å². The summed E-state index contributed by atoms with van der Waals surface area (Å²) in [5.74, 6) is 0.449. The lowest BCUT2D eigenvalue weighted by molar-refractivity contribution is -0.202. The molecule has 192 valence electrons. The molecule has 3 fully saturated rings. The summed E-state index contributed by atoms with van der Waals surface area (Å²) in [6.45, 7) is 15.3. The van der Waals surface area contributed by atoms with Crippen LogP contribution >= 0.6 is 0 Å². The normalized spacial score (nSPS) is 43.2. The highest BCUT2D eigenvalue weighted by Gasteiger charge is 2.72. The molecular formula is C32H40O4. The van der Waals surface area contributed by atoms with Gasteiger partial charge < -0.3 is 9.47 Å². The molecule has 1 aromatic carbocycles. The van der Waals surface area contributed by atoms with Crippen LogP contribution in [-0.4, -0.2) is 30.1 Å². The number of hydrogen-bond acceptors (Lipinski definition) is 4. The predicted molar refractivity (Wildman–Crippen MR) is 139 cm³/mol. The maximum absolute atomic E-state index is 13.5. The molecule has 0 aromatic heterocycles. The number of ether oxygens (including phenoxy) is 2. The van der Waals surface area contributed by atoms with Crippen LogP contribution in [0.4, 0.5) is 0 Å². The second kappa shape index (κ2) is 7.66. The van der Waals surface area contributed by atoms with E-state index in [0.717, 1.165) is 19.3 Å². The monoisotopic (exact) mass is 488 g/mol. The molecule has 2 aliphatic heterocycles. The zero-order valence-electron chi connectivity index (χ0n) is 22.8. The van der Waals surface area contributed by atoms with Crippen molar-refractivity contribution in [3.8, 4) is 0 Å². The van der Waals surface area contributed by atoms with E-state index in [4.69, 9.17) is 9.47 Å². The zero-order chi connectivity index (χ0) is 25.8. The average molecular weight is 489 g/mol. The summed E-state index contributed by atoms with van der Waals surface area (Å²) in [5, 5.41) is 0. The molecule has 5 aliphatic rings. The molecule has 0 amide bonds. The van der Waals surface area contributed by atoms with E-state index < -0.39 is 10.8 Å². The third-order valence-electron chi connectivity index (χ3n) is 10.7. The summed E-state index contributed by atoms with van der Waals surface area (Å²) < 4.78 is 13.0. The Hall–Kier alpha value is -2.20. The fourth-order valence-corrected chi connectivity index (χ4v) is 8.74. The van der Waals surface area contributed by atoms with Gasteiger partial charge in [-0.25, -0.2) is 0 Å². The molecule has 1 saturated carbocycles. The molecule has 2 saturated heterocycles. The van der Waals surface area contributed by atoms with Crippen molar-refractivity contribution in [2.75, 3.05) is 0 Å². The maximum Gasteiger partial charge on any atom is 0.316 e.